The number of hydrogen-bond donors (Lipinski definition) is 1. The van der Waals surface area contributed by atoms with Crippen LogP contribution in [0.25, 0.3) is 6.08 Å². The fourth-order valence-corrected chi connectivity index (χ4v) is 3.40. The lowest BCUT2D eigenvalue weighted by molar-refractivity contribution is -0.116. The quantitative estimate of drug-likeness (QED) is 0.518. The highest BCUT2D eigenvalue weighted by molar-refractivity contribution is 6.02. The number of unbranched alkanes of at least 4 members (excludes halogenated alkanes) is 1. The molecular formula is C24H28N2O4. The van der Waals surface area contributed by atoms with E-state index in [2.05, 4.69) is 12.2 Å². The molecule has 1 N–H and O–H groups in total. The Kier molecular flexibility index (Phi) is 7.12. The van der Waals surface area contributed by atoms with Crippen molar-refractivity contribution in [2.75, 3.05) is 30.5 Å². The number of rotatable bonds is 8. The minimum absolute atomic E-state index is 0.0330. The summed E-state index contributed by atoms with van der Waals surface area (Å²) in [5, 5.41) is 2.88. The average molecular weight is 408 g/mol. The molecule has 0 atom stereocenters. The fourth-order valence-electron chi connectivity index (χ4n) is 3.40. The molecule has 2 aromatic rings. The summed E-state index contributed by atoms with van der Waals surface area (Å²) in [5.41, 5.74) is 3.54. The summed E-state index contributed by atoms with van der Waals surface area (Å²) >= 11 is 0. The smallest absolute Gasteiger partial charge is 0.248 e. The Labute approximate surface area is 177 Å². The molecule has 0 saturated heterocycles. The number of carbonyl (C=O) groups is 2. The van der Waals surface area contributed by atoms with E-state index in [4.69, 9.17) is 9.47 Å². The molecule has 2 aromatic carbocycles. The van der Waals surface area contributed by atoms with Gasteiger partial charge < -0.3 is 19.7 Å². The molecule has 0 aromatic heterocycles. The van der Waals surface area contributed by atoms with Crippen molar-refractivity contribution >= 4 is 29.3 Å². The molecule has 3 rings (SSSR count). The predicted octanol–water partition coefficient (Wildman–Crippen LogP) is 4.44. The third-order valence-corrected chi connectivity index (χ3v) is 4.99. The van der Waals surface area contributed by atoms with Crippen LogP contribution in [-0.4, -0.2) is 32.1 Å². The Morgan fingerprint density at radius 2 is 2.00 bits per heavy atom. The lowest BCUT2D eigenvalue weighted by Gasteiger charge is -2.14. The highest BCUT2D eigenvalue weighted by Crippen LogP contribution is 2.31. The zero-order valence-corrected chi connectivity index (χ0v) is 17.7. The van der Waals surface area contributed by atoms with E-state index in [1.807, 2.05) is 36.4 Å². The van der Waals surface area contributed by atoms with Gasteiger partial charge in [-0.3, -0.25) is 9.59 Å². The van der Waals surface area contributed by atoms with Gasteiger partial charge in [0.25, 0.3) is 0 Å². The Balaban J connectivity index is 1.63. The molecule has 2 amide bonds. The van der Waals surface area contributed by atoms with Crippen LogP contribution in [-0.2, 0) is 16.0 Å². The number of benzene rings is 2. The molecule has 1 aliphatic rings. The maximum atomic E-state index is 12.3. The van der Waals surface area contributed by atoms with Crippen molar-refractivity contribution in [1.29, 1.82) is 0 Å². The summed E-state index contributed by atoms with van der Waals surface area (Å²) in [6.07, 6.45) is 6.07. The van der Waals surface area contributed by atoms with E-state index in [9.17, 15) is 9.59 Å². The van der Waals surface area contributed by atoms with Gasteiger partial charge in [0.2, 0.25) is 11.8 Å². The highest BCUT2D eigenvalue weighted by Gasteiger charge is 2.22. The van der Waals surface area contributed by atoms with Gasteiger partial charge in [-0.05, 0) is 60.4 Å². The molecular weight excluding hydrogens is 380 g/mol. The van der Waals surface area contributed by atoms with Crippen molar-refractivity contribution in [3.05, 3.63) is 53.6 Å². The van der Waals surface area contributed by atoms with Gasteiger partial charge in [0.1, 0.15) is 0 Å². The average Bonchev–Trinajstić information content (AvgIpc) is 3.16. The third-order valence-electron chi connectivity index (χ3n) is 4.99. The van der Waals surface area contributed by atoms with Crippen molar-refractivity contribution < 1.29 is 19.1 Å². The maximum Gasteiger partial charge on any atom is 0.248 e. The van der Waals surface area contributed by atoms with E-state index in [0.717, 1.165) is 36.1 Å². The Bertz CT molecular complexity index is 952. The first-order valence-corrected chi connectivity index (χ1v) is 10.2. The number of nitrogens with zero attached hydrogens (tertiary/aromatic N) is 1. The van der Waals surface area contributed by atoms with Gasteiger partial charge in [0.05, 0.1) is 13.7 Å². The van der Waals surface area contributed by atoms with E-state index >= 15 is 0 Å². The normalized spacial score (nSPS) is 12.7. The van der Waals surface area contributed by atoms with E-state index in [1.165, 1.54) is 6.08 Å². The first kappa shape index (κ1) is 21.4. The Morgan fingerprint density at radius 1 is 1.17 bits per heavy atom. The fraction of sp³-hybridized carbons (Fsp3) is 0.333. The third kappa shape index (κ3) is 5.20. The van der Waals surface area contributed by atoms with E-state index in [0.29, 0.717) is 30.3 Å². The van der Waals surface area contributed by atoms with Crippen LogP contribution in [0.3, 0.4) is 0 Å². The molecule has 0 spiro atoms. The van der Waals surface area contributed by atoms with Gasteiger partial charge in [-0.25, -0.2) is 0 Å². The Morgan fingerprint density at radius 3 is 2.73 bits per heavy atom. The van der Waals surface area contributed by atoms with E-state index in [1.54, 1.807) is 25.0 Å². The minimum Gasteiger partial charge on any atom is -0.493 e. The van der Waals surface area contributed by atoms with Gasteiger partial charge in [-0.2, -0.15) is 0 Å². The van der Waals surface area contributed by atoms with Crippen molar-refractivity contribution in [1.82, 2.24) is 0 Å². The molecule has 1 heterocycles. The largest absolute Gasteiger partial charge is 0.493 e. The van der Waals surface area contributed by atoms with Crippen LogP contribution < -0.4 is 19.7 Å². The standard InChI is InChI=1S/C24H28N2O4/c1-4-5-14-30-22-10-6-18(15-23(22)29-3)7-11-24(28)25-20-8-9-21-19(16-20)12-13-26(21)17(2)27/h6-11,15-16H,4-5,12-14H2,1-3H3,(H,25,28)/b11-7+. The summed E-state index contributed by atoms with van der Waals surface area (Å²) in [6, 6.07) is 11.2. The van der Waals surface area contributed by atoms with Gasteiger partial charge >= 0.3 is 0 Å². The van der Waals surface area contributed by atoms with Gasteiger partial charge in [-0.15, -0.1) is 0 Å². The lowest BCUT2D eigenvalue weighted by Crippen LogP contribution is -2.25. The summed E-state index contributed by atoms with van der Waals surface area (Å²) in [7, 11) is 1.60. The number of fused-ring (bicyclic) bond motifs is 1. The SMILES string of the molecule is CCCCOc1ccc(/C=C/C(=O)Nc2ccc3c(c2)CCN3C(C)=O)cc1OC. The number of carbonyl (C=O) groups excluding carboxylic acids is 2. The highest BCUT2D eigenvalue weighted by atomic mass is 16.5. The van der Waals surface area contributed by atoms with Gasteiger partial charge in [0, 0.05) is 30.9 Å². The topological polar surface area (TPSA) is 67.9 Å². The number of hydrogen-bond acceptors (Lipinski definition) is 4. The van der Waals surface area contributed by atoms with Crippen molar-refractivity contribution in [3.8, 4) is 11.5 Å². The second-order valence-corrected chi connectivity index (χ2v) is 7.20. The number of anilines is 2. The summed E-state index contributed by atoms with van der Waals surface area (Å²) in [4.78, 5) is 25.7. The number of ether oxygens (including phenoxy) is 2. The first-order chi connectivity index (χ1) is 14.5. The molecule has 0 fully saturated rings. The molecule has 0 unspecified atom stereocenters. The first-order valence-electron chi connectivity index (χ1n) is 10.2. The zero-order valence-electron chi connectivity index (χ0n) is 17.7. The molecule has 30 heavy (non-hydrogen) atoms. The van der Waals surface area contributed by atoms with Crippen LogP contribution in [0.4, 0.5) is 11.4 Å². The van der Waals surface area contributed by atoms with Gasteiger partial charge in [0.15, 0.2) is 11.5 Å². The predicted molar refractivity (Wildman–Crippen MR) is 119 cm³/mol. The molecule has 158 valence electrons. The second kappa shape index (κ2) is 9.96. The molecule has 0 aliphatic carbocycles. The van der Waals surface area contributed by atoms with E-state index in [-0.39, 0.29) is 11.8 Å². The monoisotopic (exact) mass is 408 g/mol. The van der Waals surface area contributed by atoms with Crippen LogP contribution in [0, 0.1) is 0 Å². The van der Waals surface area contributed by atoms with Crippen molar-refractivity contribution in [2.45, 2.75) is 33.1 Å². The molecule has 6 heteroatoms. The molecule has 0 saturated carbocycles. The van der Waals surface area contributed by atoms with E-state index < -0.39 is 0 Å². The van der Waals surface area contributed by atoms with Gasteiger partial charge in [-0.1, -0.05) is 19.4 Å². The number of nitrogens with one attached hydrogen (secondary N) is 1. The number of amides is 2. The second-order valence-electron chi connectivity index (χ2n) is 7.20. The minimum atomic E-state index is -0.224. The molecule has 0 bridgehead atoms. The summed E-state index contributed by atoms with van der Waals surface area (Å²) in [5.74, 6) is 1.15. The Hall–Kier alpha value is -3.28. The maximum absolute atomic E-state index is 12.3. The molecule has 0 radical (unpaired) electrons. The summed E-state index contributed by atoms with van der Waals surface area (Å²) < 4.78 is 11.1. The zero-order chi connectivity index (χ0) is 21.5. The number of methoxy groups -OCH3 is 1. The van der Waals surface area contributed by atoms with Crippen LogP contribution in [0.2, 0.25) is 0 Å². The van der Waals surface area contributed by atoms with Crippen LogP contribution in [0.5, 0.6) is 11.5 Å². The molecule has 1 aliphatic heterocycles. The van der Waals surface area contributed by atoms with Crippen LogP contribution in [0.1, 0.15) is 37.8 Å². The summed E-state index contributed by atoms with van der Waals surface area (Å²) in [6.45, 7) is 5.01. The van der Waals surface area contributed by atoms with Crippen LogP contribution >= 0.6 is 0 Å². The van der Waals surface area contributed by atoms with Crippen molar-refractivity contribution in [3.63, 3.8) is 0 Å². The van der Waals surface area contributed by atoms with Crippen LogP contribution in [0.15, 0.2) is 42.5 Å². The molecule has 6 nitrogen and oxygen atoms in total. The lowest BCUT2D eigenvalue weighted by atomic mass is 10.1. The van der Waals surface area contributed by atoms with Crippen molar-refractivity contribution in [2.24, 2.45) is 0 Å².